The zero-order valence-electron chi connectivity index (χ0n) is 6.34. The molecule has 0 saturated carbocycles. The van der Waals surface area contributed by atoms with Crippen molar-refractivity contribution in [1.82, 2.24) is 9.97 Å². The first kappa shape index (κ1) is 8.53. The number of nitrogens with one attached hydrogen (secondary N) is 1. The van der Waals surface area contributed by atoms with Crippen molar-refractivity contribution in [2.24, 2.45) is 0 Å². The van der Waals surface area contributed by atoms with Crippen LogP contribution in [0.4, 0.5) is 0 Å². The van der Waals surface area contributed by atoms with Crippen LogP contribution in [0.2, 0.25) is 10.0 Å². The third-order valence-corrected chi connectivity index (χ3v) is 2.12. The van der Waals surface area contributed by atoms with Crippen LogP contribution in [0.3, 0.4) is 0 Å². The Bertz CT molecular complexity index is 521. The Morgan fingerprint density at radius 2 is 2.08 bits per heavy atom. The molecule has 66 valence electrons. The first-order valence-electron chi connectivity index (χ1n) is 3.51. The van der Waals surface area contributed by atoms with Gasteiger partial charge >= 0.3 is 0 Å². The number of H-pyrrole nitrogens is 1. The predicted molar refractivity (Wildman–Crippen MR) is 52.4 cm³/mol. The number of fused-ring (bicyclic) bond motifs is 1. The average Bonchev–Trinajstić information content (AvgIpc) is 2.06. The Kier molecular flexibility index (Phi) is 1.98. The molecule has 1 N–H and O–H groups in total. The predicted octanol–water partition coefficient (Wildman–Crippen LogP) is 2.23. The number of hydrogen-bond acceptors (Lipinski definition) is 2. The molecule has 0 aliphatic heterocycles. The lowest BCUT2D eigenvalue weighted by Crippen LogP contribution is -2.04. The summed E-state index contributed by atoms with van der Waals surface area (Å²) in [6, 6.07) is 3.20. The van der Waals surface area contributed by atoms with Gasteiger partial charge in [-0.25, -0.2) is 4.98 Å². The molecule has 0 radical (unpaired) electrons. The molecule has 2 aromatic rings. The van der Waals surface area contributed by atoms with Gasteiger partial charge in [-0.3, -0.25) is 4.79 Å². The van der Waals surface area contributed by atoms with Gasteiger partial charge < -0.3 is 4.98 Å². The highest BCUT2D eigenvalue weighted by Crippen LogP contribution is 2.23. The van der Waals surface area contributed by atoms with E-state index in [9.17, 15) is 4.79 Å². The van der Waals surface area contributed by atoms with Crippen LogP contribution < -0.4 is 5.56 Å². The molecule has 0 spiro atoms. The molecular formula is C8H4Cl2N2O. The molecule has 0 unspecified atom stereocenters. The second-order valence-electron chi connectivity index (χ2n) is 2.53. The van der Waals surface area contributed by atoms with Crippen LogP contribution >= 0.6 is 23.2 Å². The molecule has 0 aliphatic rings. The van der Waals surface area contributed by atoms with E-state index in [1.807, 2.05) is 0 Å². The minimum absolute atomic E-state index is 0.281. The monoisotopic (exact) mass is 214 g/mol. The summed E-state index contributed by atoms with van der Waals surface area (Å²) in [6.07, 6.45) is 1.19. The topological polar surface area (TPSA) is 45.8 Å². The van der Waals surface area contributed by atoms with E-state index >= 15 is 0 Å². The summed E-state index contributed by atoms with van der Waals surface area (Å²) < 4.78 is 0. The van der Waals surface area contributed by atoms with Crippen molar-refractivity contribution in [3.63, 3.8) is 0 Å². The van der Waals surface area contributed by atoms with Gasteiger partial charge in [-0.1, -0.05) is 23.2 Å². The molecular weight excluding hydrogens is 211 g/mol. The molecule has 5 heteroatoms. The maximum absolute atomic E-state index is 10.9. The van der Waals surface area contributed by atoms with E-state index < -0.39 is 0 Å². The maximum Gasteiger partial charge on any atom is 0.266 e. The van der Waals surface area contributed by atoms with Gasteiger partial charge in [0.15, 0.2) is 0 Å². The molecule has 1 heterocycles. The van der Waals surface area contributed by atoms with E-state index in [0.717, 1.165) is 0 Å². The number of aromatic amines is 1. The van der Waals surface area contributed by atoms with Crippen LogP contribution in [-0.2, 0) is 0 Å². The van der Waals surface area contributed by atoms with Crippen molar-refractivity contribution < 1.29 is 0 Å². The molecule has 0 fully saturated rings. The highest BCUT2D eigenvalue weighted by atomic mass is 35.5. The van der Waals surface area contributed by atoms with Crippen LogP contribution in [0.15, 0.2) is 23.1 Å². The standard InChI is InChI=1S/C8H4Cl2N2O/c9-4-1-5(10)8-6(2-4)11-3-7(13)12-8/h1-3H,(H,12,13). The molecule has 0 atom stereocenters. The van der Waals surface area contributed by atoms with Gasteiger partial charge in [0, 0.05) is 5.02 Å². The SMILES string of the molecule is O=c1cnc2cc(Cl)cc(Cl)c2[nH]1. The van der Waals surface area contributed by atoms with Crippen molar-refractivity contribution in [3.05, 3.63) is 38.7 Å². The van der Waals surface area contributed by atoms with Crippen LogP contribution in [0.25, 0.3) is 11.0 Å². The summed E-state index contributed by atoms with van der Waals surface area (Å²) >= 11 is 11.6. The van der Waals surface area contributed by atoms with E-state index in [4.69, 9.17) is 23.2 Å². The quantitative estimate of drug-likeness (QED) is 0.732. The van der Waals surface area contributed by atoms with Gasteiger partial charge in [-0.15, -0.1) is 0 Å². The number of aromatic nitrogens is 2. The first-order chi connectivity index (χ1) is 6.16. The van der Waals surface area contributed by atoms with Gasteiger partial charge in [-0.05, 0) is 12.1 Å². The van der Waals surface area contributed by atoms with Gasteiger partial charge in [0.25, 0.3) is 5.56 Å². The highest BCUT2D eigenvalue weighted by molar-refractivity contribution is 6.38. The van der Waals surface area contributed by atoms with Crippen molar-refractivity contribution in [1.29, 1.82) is 0 Å². The molecule has 3 nitrogen and oxygen atoms in total. The molecule has 0 amide bonds. The summed E-state index contributed by atoms with van der Waals surface area (Å²) in [7, 11) is 0. The van der Waals surface area contributed by atoms with E-state index in [2.05, 4.69) is 9.97 Å². The van der Waals surface area contributed by atoms with Gasteiger partial charge in [0.2, 0.25) is 0 Å². The highest BCUT2D eigenvalue weighted by Gasteiger charge is 2.02. The van der Waals surface area contributed by atoms with Crippen LogP contribution in [0, 0.1) is 0 Å². The number of benzene rings is 1. The lowest BCUT2D eigenvalue weighted by Gasteiger charge is -1.99. The molecule has 2 rings (SSSR count). The summed E-state index contributed by atoms with van der Waals surface area (Å²) in [4.78, 5) is 17.4. The summed E-state index contributed by atoms with van der Waals surface area (Å²) in [6.45, 7) is 0. The van der Waals surface area contributed by atoms with Crippen LogP contribution in [0.5, 0.6) is 0 Å². The van der Waals surface area contributed by atoms with Crippen molar-refractivity contribution in [2.75, 3.05) is 0 Å². The normalized spacial score (nSPS) is 10.6. The second-order valence-corrected chi connectivity index (χ2v) is 3.37. The Morgan fingerprint density at radius 3 is 2.85 bits per heavy atom. The van der Waals surface area contributed by atoms with Crippen LogP contribution in [-0.4, -0.2) is 9.97 Å². The van der Waals surface area contributed by atoms with Crippen molar-refractivity contribution >= 4 is 34.2 Å². The van der Waals surface area contributed by atoms with Gasteiger partial charge in [0.05, 0.1) is 22.3 Å². The van der Waals surface area contributed by atoms with E-state index in [0.29, 0.717) is 21.1 Å². The van der Waals surface area contributed by atoms with E-state index in [1.54, 1.807) is 12.1 Å². The smallest absolute Gasteiger partial charge is 0.266 e. The third-order valence-electron chi connectivity index (χ3n) is 1.60. The number of halogens is 2. The molecule has 1 aromatic heterocycles. The van der Waals surface area contributed by atoms with Crippen molar-refractivity contribution in [3.8, 4) is 0 Å². The summed E-state index contributed by atoms with van der Waals surface area (Å²) in [5, 5.41) is 0.893. The minimum atomic E-state index is -0.281. The third kappa shape index (κ3) is 1.53. The Balaban J connectivity index is 2.95. The molecule has 0 saturated heterocycles. The zero-order valence-corrected chi connectivity index (χ0v) is 7.86. The van der Waals surface area contributed by atoms with Gasteiger partial charge in [-0.2, -0.15) is 0 Å². The molecule has 0 aliphatic carbocycles. The number of rotatable bonds is 0. The minimum Gasteiger partial charge on any atom is -0.318 e. The van der Waals surface area contributed by atoms with E-state index in [-0.39, 0.29) is 5.56 Å². The molecule has 1 aromatic carbocycles. The number of hydrogen-bond donors (Lipinski definition) is 1. The molecule has 13 heavy (non-hydrogen) atoms. The maximum atomic E-state index is 10.9. The Labute approximate surface area is 83.3 Å². The fourth-order valence-corrected chi connectivity index (χ4v) is 1.60. The Morgan fingerprint density at radius 1 is 1.31 bits per heavy atom. The fourth-order valence-electron chi connectivity index (χ4n) is 1.07. The van der Waals surface area contributed by atoms with Crippen LogP contribution in [0.1, 0.15) is 0 Å². The lowest BCUT2D eigenvalue weighted by atomic mass is 10.3. The lowest BCUT2D eigenvalue weighted by molar-refractivity contribution is 1.22. The summed E-state index contributed by atoms with van der Waals surface area (Å²) in [5.74, 6) is 0. The summed E-state index contributed by atoms with van der Waals surface area (Å²) in [5.41, 5.74) is 0.812. The average molecular weight is 215 g/mol. The number of nitrogens with zero attached hydrogens (tertiary/aromatic N) is 1. The van der Waals surface area contributed by atoms with E-state index in [1.165, 1.54) is 6.20 Å². The first-order valence-corrected chi connectivity index (χ1v) is 4.26. The fraction of sp³-hybridized carbons (Fsp3) is 0. The molecule has 0 bridgehead atoms. The largest absolute Gasteiger partial charge is 0.318 e. The Hall–Kier alpha value is -1.06. The van der Waals surface area contributed by atoms with Gasteiger partial charge in [0.1, 0.15) is 0 Å². The second kappa shape index (κ2) is 3.01. The zero-order chi connectivity index (χ0) is 9.42. The van der Waals surface area contributed by atoms with Crippen molar-refractivity contribution in [2.45, 2.75) is 0 Å².